The van der Waals surface area contributed by atoms with E-state index in [2.05, 4.69) is 32.1 Å². The smallest absolute Gasteiger partial charge is 0.0650 e. The van der Waals surface area contributed by atoms with Crippen LogP contribution in [0.2, 0.25) is 0 Å². The molecule has 2 N–H and O–H groups in total. The Hall–Kier alpha value is -3.14. The van der Waals surface area contributed by atoms with Crippen LogP contribution in [0.3, 0.4) is 0 Å². The standard InChI is InChI=1S/C18H14N4/c1-3-15(19-5-1)9-17-7-13(11-21-17)14-8-18(22-12-14)10-16-4-2-6-20-16/h1-12,21-22H/b15-9-,16-10+. The highest BCUT2D eigenvalue weighted by Gasteiger charge is 2.05. The first kappa shape index (κ1) is 12.6. The fraction of sp³-hybridized carbons (Fsp3) is 0. The Morgan fingerprint density at radius 2 is 1.23 bits per heavy atom. The van der Waals surface area contributed by atoms with Crippen molar-refractivity contribution in [3.63, 3.8) is 0 Å². The van der Waals surface area contributed by atoms with Gasteiger partial charge in [0.2, 0.25) is 0 Å². The highest BCUT2D eigenvalue weighted by molar-refractivity contribution is 5.80. The zero-order valence-corrected chi connectivity index (χ0v) is 11.8. The predicted molar refractivity (Wildman–Crippen MR) is 91.8 cm³/mol. The molecule has 0 aliphatic carbocycles. The largest absolute Gasteiger partial charge is 0.361 e. The molecule has 2 aliphatic rings. The number of aromatic nitrogens is 2. The molecule has 0 saturated carbocycles. The van der Waals surface area contributed by atoms with Crippen LogP contribution in [-0.2, 0) is 0 Å². The van der Waals surface area contributed by atoms with E-state index >= 15 is 0 Å². The molecule has 0 unspecified atom stereocenters. The summed E-state index contributed by atoms with van der Waals surface area (Å²) in [5.41, 5.74) is 6.28. The number of H-pyrrole nitrogens is 2. The van der Waals surface area contributed by atoms with Crippen LogP contribution < -0.4 is 0 Å². The lowest BCUT2D eigenvalue weighted by Gasteiger charge is -1.90. The van der Waals surface area contributed by atoms with Crippen molar-refractivity contribution in [2.24, 2.45) is 9.98 Å². The van der Waals surface area contributed by atoms with Gasteiger partial charge in [-0.3, -0.25) is 9.98 Å². The van der Waals surface area contributed by atoms with E-state index in [0.29, 0.717) is 0 Å². The molecule has 2 aromatic rings. The highest BCUT2D eigenvalue weighted by atomic mass is 14.8. The van der Waals surface area contributed by atoms with E-state index in [1.54, 1.807) is 12.4 Å². The first-order valence-corrected chi connectivity index (χ1v) is 7.09. The van der Waals surface area contributed by atoms with Crippen molar-refractivity contribution in [1.29, 1.82) is 0 Å². The maximum Gasteiger partial charge on any atom is 0.0650 e. The number of rotatable bonds is 3. The molecule has 0 atom stereocenters. The Morgan fingerprint density at radius 3 is 1.64 bits per heavy atom. The monoisotopic (exact) mass is 286 g/mol. The first-order valence-electron chi connectivity index (χ1n) is 7.09. The molecule has 106 valence electrons. The molecule has 0 spiro atoms. The average molecular weight is 286 g/mol. The maximum atomic E-state index is 4.25. The van der Waals surface area contributed by atoms with Crippen LogP contribution in [0.5, 0.6) is 0 Å². The van der Waals surface area contributed by atoms with Crippen molar-refractivity contribution in [2.45, 2.75) is 0 Å². The molecule has 4 nitrogen and oxygen atoms in total. The van der Waals surface area contributed by atoms with Crippen LogP contribution in [0.4, 0.5) is 0 Å². The van der Waals surface area contributed by atoms with Gasteiger partial charge in [0.25, 0.3) is 0 Å². The van der Waals surface area contributed by atoms with Crippen molar-refractivity contribution < 1.29 is 0 Å². The summed E-state index contributed by atoms with van der Waals surface area (Å²) < 4.78 is 0. The summed E-state index contributed by atoms with van der Waals surface area (Å²) in [4.78, 5) is 15.0. The van der Waals surface area contributed by atoms with Crippen LogP contribution in [0.1, 0.15) is 11.4 Å². The second-order valence-electron chi connectivity index (χ2n) is 5.10. The number of hydrogen-bond donors (Lipinski definition) is 2. The third-order valence-corrected chi connectivity index (χ3v) is 3.50. The number of aliphatic imine (C=N–C) groups is 2. The third-order valence-electron chi connectivity index (χ3n) is 3.50. The number of hydrogen-bond acceptors (Lipinski definition) is 2. The van der Waals surface area contributed by atoms with E-state index in [0.717, 1.165) is 33.9 Å². The summed E-state index contributed by atoms with van der Waals surface area (Å²) >= 11 is 0. The molecule has 22 heavy (non-hydrogen) atoms. The van der Waals surface area contributed by atoms with Crippen LogP contribution in [0.15, 0.2) is 70.2 Å². The number of allylic oxidation sites excluding steroid dienone is 4. The van der Waals surface area contributed by atoms with E-state index in [-0.39, 0.29) is 0 Å². The van der Waals surface area contributed by atoms with Gasteiger partial charge in [-0.2, -0.15) is 0 Å². The van der Waals surface area contributed by atoms with Crippen LogP contribution >= 0.6 is 0 Å². The quantitative estimate of drug-likeness (QED) is 0.857. The average Bonchev–Trinajstić information content (AvgIpc) is 3.27. The van der Waals surface area contributed by atoms with Crippen molar-refractivity contribution in [1.82, 2.24) is 9.97 Å². The van der Waals surface area contributed by atoms with Crippen LogP contribution in [0.25, 0.3) is 23.3 Å². The SMILES string of the molecule is C1=C/C(=C/c2cc(-c3c[nH]c(/C=C4\C=CC=N4)c3)c[nH]2)N=C1. The summed E-state index contributed by atoms with van der Waals surface area (Å²) in [6, 6.07) is 4.23. The summed E-state index contributed by atoms with van der Waals surface area (Å²) in [6.45, 7) is 0. The summed E-state index contributed by atoms with van der Waals surface area (Å²) in [7, 11) is 0. The Kier molecular flexibility index (Phi) is 3.05. The van der Waals surface area contributed by atoms with Crippen molar-refractivity contribution in [2.75, 3.05) is 0 Å². The predicted octanol–water partition coefficient (Wildman–Crippen LogP) is 3.97. The Bertz CT molecular complexity index is 780. The number of aromatic amines is 2. The van der Waals surface area contributed by atoms with Gasteiger partial charge in [0.05, 0.1) is 11.4 Å². The second kappa shape index (κ2) is 5.33. The van der Waals surface area contributed by atoms with Gasteiger partial charge in [-0.1, -0.05) is 0 Å². The summed E-state index contributed by atoms with van der Waals surface area (Å²) in [5, 5.41) is 0. The Labute approximate surface area is 128 Å². The molecule has 4 heterocycles. The number of nitrogens with one attached hydrogen (secondary N) is 2. The maximum absolute atomic E-state index is 4.25. The minimum Gasteiger partial charge on any atom is -0.361 e. The normalized spacial score (nSPS) is 19.3. The van der Waals surface area contributed by atoms with Gasteiger partial charge >= 0.3 is 0 Å². The van der Waals surface area contributed by atoms with Crippen LogP contribution in [-0.4, -0.2) is 22.4 Å². The minimum atomic E-state index is 0.957. The first-order chi connectivity index (χ1) is 10.9. The van der Waals surface area contributed by atoms with Crippen molar-refractivity contribution in [3.05, 3.63) is 71.6 Å². The fourth-order valence-electron chi connectivity index (χ4n) is 2.44. The second-order valence-corrected chi connectivity index (χ2v) is 5.10. The van der Waals surface area contributed by atoms with Crippen molar-refractivity contribution in [3.8, 4) is 11.1 Å². The van der Waals surface area contributed by atoms with Gasteiger partial charge in [0, 0.05) is 47.3 Å². The van der Waals surface area contributed by atoms with E-state index in [9.17, 15) is 0 Å². The Balaban J connectivity index is 1.58. The van der Waals surface area contributed by atoms with E-state index in [1.165, 1.54) is 0 Å². The molecule has 0 amide bonds. The molecule has 0 bridgehead atoms. The van der Waals surface area contributed by atoms with Gasteiger partial charge in [-0.25, -0.2) is 0 Å². The molecule has 0 fully saturated rings. The lowest BCUT2D eigenvalue weighted by atomic mass is 10.1. The fourth-order valence-corrected chi connectivity index (χ4v) is 2.44. The molecule has 4 rings (SSSR count). The minimum absolute atomic E-state index is 0.957. The van der Waals surface area contributed by atoms with E-state index in [1.807, 2.05) is 48.8 Å². The molecular formula is C18H14N4. The molecule has 0 radical (unpaired) electrons. The topological polar surface area (TPSA) is 56.3 Å². The van der Waals surface area contributed by atoms with Crippen LogP contribution in [0, 0.1) is 0 Å². The van der Waals surface area contributed by atoms with Gasteiger partial charge in [-0.05, 0) is 48.6 Å². The number of nitrogens with zero attached hydrogens (tertiary/aromatic N) is 2. The molecule has 0 saturated heterocycles. The lowest BCUT2D eigenvalue weighted by Crippen LogP contribution is -1.71. The molecular weight excluding hydrogens is 272 g/mol. The molecule has 2 aromatic heterocycles. The summed E-state index contributed by atoms with van der Waals surface area (Å²) in [5.74, 6) is 0. The van der Waals surface area contributed by atoms with E-state index in [4.69, 9.17) is 0 Å². The van der Waals surface area contributed by atoms with Gasteiger partial charge in [0.1, 0.15) is 0 Å². The lowest BCUT2D eigenvalue weighted by molar-refractivity contribution is 1.35. The van der Waals surface area contributed by atoms with Gasteiger partial charge in [-0.15, -0.1) is 0 Å². The van der Waals surface area contributed by atoms with Crippen molar-refractivity contribution >= 4 is 24.6 Å². The summed E-state index contributed by atoms with van der Waals surface area (Å²) in [6.07, 6.45) is 19.5. The highest BCUT2D eigenvalue weighted by Crippen LogP contribution is 2.24. The zero-order chi connectivity index (χ0) is 14.8. The molecule has 0 aromatic carbocycles. The molecule has 2 aliphatic heterocycles. The van der Waals surface area contributed by atoms with Gasteiger partial charge in [0.15, 0.2) is 0 Å². The van der Waals surface area contributed by atoms with E-state index < -0.39 is 0 Å². The third kappa shape index (κ3) is 2.54. The molecule has 4 heteroatoms. The Morgan fingerprint density at radius 1 is 0.727 bits per heavy atom. The van der Waals surface area contributed by atoms with Gasteiger partial charge < -0.3 is 9.97 Å². The zero-order valence-electron chi connectivity index (χ0n) is 11.8.